The fraction of sp³-hybridized carbons (Fsp3) is 0.833. The number of rotatable bonds is 3. The van der Waals surface area contributed by atoms with Gasteiger partial charge >= 0.3 is 6.03 Å². The Kier molecular flexibility index (Phi) is 4.19. The normalized spacial score (nSPS) is 31.8. The van der Waals surface area contributed by atoms with Crippen LogP contribution in [-0.2, 0) is 9.53 Å². The Balaban J connectivity index is 1.70. The third-order valence-electron chi connectivity index (χ3n) is 3.19. The zero-order valence-corrected chi connectivity index (χ0v) is 11.0. The van der Waals surface area contributed by atoms with Gasteiger partial charge < -0.3 is 15.0 Å². The zero-order chi connectivity index (χ0) is 13.1. The molecular formula is C12H22N3O3+. The van der Waals surface area contributed by atoms with Crippen molar-refractivity contribution in [2.75, 3.05) is 19.6 Å². The lowest BCUT2D eigenvalue weighted by molar-refractivity contribution is -0.907. The number of imide groups is 1. The minimum Gasteiger partial charge on any atom is -0.364 e. The van der Waals surface area contributed by atoms with Crippen molar-refractivity contribution in [2.45, 2.75) is 44.9 Å². The van der Waals surface area contributed by atoms with E-state index in [1.807, 2.05) is 13.8 Å². The summed E-state index contributed by atoms with van der Waals surface area (Å²) in [4.78, 5) is 24.3. The smallest absolute Gasteiger partial charge is 0.321 e. The van der Waals surface area contributed by atoms with Gasteiger partial charge in [-0.1, -0.05) is 0 Å². The van der Waals surface area contributed by atoms with Gasteiger partial charge in [-0.15, -0.1) is 0 Å². The number of urea groups is 1. The Hall–Kier alpha value is -1.14. The SMILES string of the molecule is C[C@@H]1C[NH+](CC(=O)NC(=O)NC2CC2)C[C@H](C)O1. The van der Waals surface area contributed by atoms with Gasteiger partial charge in [-0.05, 0) is 26.7 Å². The van der Waals surface area contributed by atoms with Gasteiger partial charge in [0, 0.05) is 6.04 Å². The van der Waals surface area contributed by atoms with Gasteiger partial charge in [-0.3, -0.25) is 10.1 Å². The van der Waals surface area contributed by atoms with E-state index in [1.54, 1.807) is 0 Å². The number of amides is 3. The maximum absolute atomic E-state index is 11.7. The first-order chi connectivity index (χ1) is 8.52. The van der Waals surface area contributed by atoms with Gasteiger partial charge in [0.05, 0.1) is 0 Å². The highest BCUT2D eigenvalue weighted by atomic mass is 16.5. The summed E-state index contributed by atoms with van der Waals surface area (Å²) in [5.41, 5.74) is 0. The van der Waals surface area contributed by atoms with Crippen LogP contribution in [0.2, 0.25) is 0 Å². The zero-order valence-electron chi connectivity index (χ0n) is 11.0. The molecule has 6 nitrogen and oxygen atoms in total. The molecule has 1 saturated heterocycles. The van der Waals surface area contributed by atoms with Gasteiger partial charge in [-0.25, -0.2) is 4.79 Å². The fourth-order valence-electron chi connectivity index (χ4n) is 2.38. The lowest BCUT2D eigenvalue weighted by Gasteiger charge is -2.31. The maximum Gasteiger partial charge on any atom is 0.321 e. The molecule has 2 rings (SSSR count). The van der Waals surface area contributed by atoms with Crippen LogP contribution in [0.1, 0.15) is 26.7 Å². The molecule has 0 aromatic rings. The minimum atomic E-state index is -0.365. The fourth-order valence-corrected chi connectivity index (χ4v) is 2.38. The largest absolute Gasteiger partial charge is 0.364 e. The number of hydrogen-bond acceptors (Lipinski definition) is 3. The standard InChI is InChI=1S/C12H21N3O3/c1-8-5-15(6-9(2)18-8)7-11(16)14-12(17)13-10-3-4-10/h8-10H,3-7H2,1-2H3,(H2,13,14,16,17)/p+1/t8-,9+. The summed E-state index contributed by atoms with van der Waals surface area (Å²) < 4.78 is 5.61. The Morgan fingerprint density at radius 1 is 1.22 bits per heavy atom. The Morgan fingerprint density at radius 3 is 2.39 bits per heavy atom. The molecule has 0 radical (unpaired) electrons. The molecule has 0 bridgehead atoms. The summed E-state index contributed by atoms with van der Waals surface area (Å²) >= 11 is 0. The second-order valence-corrected chi connectivity index (χ2v) is 5.39. The summed E-state index contributed by atoms with van der Waals surface area (Å²) in [6.45, 7) is 5.96. The van der Waals surface area contributed by atoms with Crippen molar-refractivity contribution in [3.05, 3.63) is 0 Å². The van der Waals surface area contributed by atoms with Crippen molar-refractivity contribution in [2.24, 2.45) is 0 Å². The molecule has 0 spiro atoms. The molecule has 1 aliphatic carbocycles. The Labute approximate surface area is 107 Å². The molecule has 18 heavy (non-hydrogen) atoms. The van der Waals surface area contributed by atoms with Crippen LogP contribution in [0.15, 0.2) is 0 Å². The second kappa shape index (κ2) is 5.67. The number of quaternary nitrogens is 1. The molecule has 1 unspecified atom stereocenters. The van der Waals surface area contributed by atoms with Crippen molar-refractivity contribution in [1.82, 2.24) is 10.6 Å². The summed E-state index contributed by atoms with van der Waals surface area (Å²) in [6, 6.07) is -0.0927. The third-order valence-corrected chi connectivity index (χ3v) is 3.19. The van der Waals surface area contributed by atoms with Crippen LogP contribution in [0, 0.1) is 0 Å². The van der Waals surface area contributed by atoms with E-state index in [-0.39, 0.29) is 30.2 Å². The van der Waals surface area contributed by atoms with E-state index >= 15 is 0 Å². The van der Waals surface area contributed by atoms with Gasteiger partial charge in [0.2, 0.25) is 0 Å². The second-order valence-electron chi connectivity index (χ2n) is 5.39. The topological polar surface area (TPSA) is 71.9 Å². The summed E-state index contributed by atoms with van der Waals surface area (Å²) in [5, 5.41) is 5.11. The average Bonchev–Trinajstić information content (AvgIpc) is 2.98. The van der Waals surface area contributed by atoms with Crippen LogP contribution in [-0.4, -0.2) is 49.8 Å². The van der Waals surface area contributed by atoms with Crippen LogP contribution in [0.25, 0.3) is 0 Å². The molecule has 102 valence electrons. The van der Waals surface area contributed by atoms with Crippen LogP contribution in [0.3, 0.4) is 0 Å². The van der Waals surface area contributed by atoms with E-state index in [0.717, 1.165) is 30.8 Å². The van der Waals surface area contributed by atoms with Crippen molar-refractivity contribution < 1.29 is 19.2 Å². The lowest BCUT2D eigenvalue weighted by Crippen LogP contribution is -3.16. The molecular weight excluding hydrogens is 234 g/mol. The first-order valence-corrected chi connectivity index (χ1v) is 6.62. The van der Waals surface area contributed by atoms with Gasteiger partial charge in [0.25, 0.3) is 5.91 Å². The van der Waals surface area contributed by atoms with E-state index in [0.29, 0.717) is 6.54 Å². The van der Waals surface area contributed by atoms with E-state index in [4.69, 9.17) is 4.74 Å². The number of ether oxygens (including phenoxy) is 1. The van der Waals surface area contributed by atoms with E-state index < -0.39 is 0 Å². The number of carbonyl (C=O) groups excluding carboxylic acids is 2. The van der Waals surface area contributed by atoms with Gasteiger partial charge in [0.1, 0.15) is 25.3 Å². The van der Waals surface area contributed by atoms with Gasteiger partial charge in [-0.2, -0.15) is 0 Å². The molecule has 0 aromatic heterocycles. The van der Waals surface area contributed by atoms with Crippen molar-refractivity contribution >= 4 is 11.9 Å². The number of morpholine rings is 1. The van der Waals surface area contributed by atoms with Crippen LogP contribution >= 0.6 is 0 Å². The predicted octanol–water partition coefficient (Wildman–Crippen LogP) is -1.33. The first kappa shape index (κ1) is 13.3. The molecule has 3 atom stereocenters. The molecule has 3 amide bonds. The molecule has 1 aliphatic heterocycles. The molecule has 3 N–H and O–H groups in total. The molecule has 2 fully saturated rings. The molecule has 0 aromatic carbocycles. The molecule has 1 saturated carbocycles. The molecule has 6 heteroatoms. The Morgan fingerprint density at radius 2 is 1.83 bits per heavy atom. The summed E-state index contributed by atoms with van der Waals surface area (Å²) in [6.07, 6.45) is 2.37. The highest BCUT2D eigenvalue weighted by Crippen LogP contribution is 2.18. The number of hydrogen-bond donors (Lipinski definition) is 3. The van der Waals surface area contributed by atoms with Crippen LogP contribution in [0.5, 0.6) is 0 Å². The highest BCUT2D eigenvalue weighted by molar-refractivity contribution is 5.94. The first-order valence-electron chi connectivity index (χ1n) is 6.62. The maximum atomic E-state index is 11.7. The van der Waals surface area contributed by atoms with Crippen LogP contribution < -0.4 is 15.5 Å². The van der Waals surface area contributed by atoms with E-state index in [2.05, 4.69) is 10.6 Å². The van der Waals surface area contributed by atoms with Gasteiger partial charge in [0.15, 0.2) is 6.54 Å². The molecule has 2 aliphatic rings. The number of nitrogens with one attached hydrogen (secondary N) is 3. The number of carbonyl (C=O) groups is 2. The minimum absolute atomic E-state index is 0.164. The summed E-state index contributed by atoms with van der Waals surface area (Å²) in [5.74, 6) is -0.218. The third kappa shape index (κ3) is 4.27. The van der Waals surface area contributed by atoms with Crippen LogP contribution in [0.4, 0.5) is 4.79 Å². The van der Waals surface area contributed by atoms with Crippen molar-refractivity contribution in [3.63, 3.8) is 0 Å². The molecule has 1 heterocycles. The lowest BCUT2D eigenvalue weighted by atomic mass is 10.2. The van der Waals surface area contributed by atoms with E-state index in [9.17, 15) is 9.59 Å². The average molecular weight is 256 g/mol. The van der Waals surface area contributed by atoms with E-state index in [1.165, 1.54) is 0 Å². The highest BCUT2D eigenvalue weighted by Gasteiger charge is 2.28. The van der Waals surface area contributed by atoms with Crippen molar-refractivity contribution in [1.29, 1.82) is 0 Å². The van der Waals surface area contributed by atoms with Crippen molar-refractivity contribution in [3.8, 4) is 0 Å². The predicted molar refractivity (Wildman–Crippen MR) is 65.3 cm³/mol. The monoisotopic (exact) mass is 256 g/mol. The summed E-state index contributed by atoms with van der Waals surface area (Å²) in [7, 11) is 0. The Bertz CT molecular complexity index is 321. The quantitative estimate of drug-likeness (QED) is 0.586.